The van der Waals surface area contributed by atoms with Gasteiger partial charge >= 0.3 is 5.97 Å². The number of ether oxygens (including phenoxy) is 1. The fourth-order valence-corrected chi connectivity index (χ4v) is 2.62. The second kappa shape index (κ2) is 9.01. The number of esters is 1. The van der Waals surface area contributed by atoms with Crippen molar-refractivity contribution in [3.63, 3.8) is 0 Å². The summed E-state index contributed by atoms with van der Waals surface area (Å²) in [5.41, 5.74) is 1.73. The monoisotopic (exact) mass is 343 g/mol. The topological polar surface area (TPSA) is 64.4 Å². The van der Waals surface area contributed by atoms with Gasteiger partial charge in [-0.1, -0.05) is 24.6 Å². The van der Waals surface area contributed by atoms with E-state index in [0.717, 1.165) is 18.5 Å². The fraction of sp³-hybridized carbons (Fsp3) is 0.421. The number of carbonyl (C=O) groups excluding carboxylic acids is 2. The van der Waals surface area contributed by atoms with Gasteiger partial charge in [-0.2, -0.15) is 0 Å². The van der Waals surface area contributed by atoms with E-state index in [9.17, 15) is 9.59 Å². The summed E-state index contributed by atoms with van der Waals surface area (Å²) in [5, 5.41) is 0. The van der Waals surface area contributed by atoms with Crippen molar-refractivity contribution in [1.29, 1.82) is 0 Å². The molecule has 1 amide bonds. The molecule has 0 bridgehead atoms. The molecule has 6 nitrogen and oxygen atoms in total. The van der Waals surface area contributed by atoms with E-state index in [1.54, 1.807) is 24.3 Å². The van der Waals surface area contributed by atoms with Crippen molar-refractivity contribution >= 4 is 11.9 Å². The Balaban J connectivity index is 2.05. The van der Waals surface area contributed by atoms with E-state index < -0.39 is 0 Å². The summed E-state index contributed by atoms with van der Waals surface area (Å²) in [5.74, 6) is -0.745. The van der Waals surface area contributed by atoms with Crippen molar-refractivity contribution < 1.29 is 14.3 Å². The van der Waals surface area contributed by atoms with Gasteiger partial charge < -0.3 is 14.2 Å². The van der Waals surface area contributed by atoms with Gasteiger partial charge in [-0.15, -0.1) is 0 Å². The van der Waals surface area contributed by atoms with Crippen molar-refractivity contribution in [2.45, 2.75) is 26.8 Å². The predicted molar refractivity (Wildman–Crippen MR) is 95.1 cm³/mol. The molecular weight excluding hydrogens is 318 g/mol. The molecule has 134 valence electrons. The Kier molecular flexibility index (Phi) is 6.74. The molecule has 0 aliphatic carbocycles. The molecule has 2 rings (SSSR count). The van der Waals surface area contributed by atoms with Gasteiger partial charge in [0.05, 0.1) is 19.4 Å². The zero-order chi connectivity index (χ0) is 18.2. The van der Waals surface area contributed by atoms with E-state index in [-0.39, 0.29) is 17.8 Å². The van der Waals surface area contributed by atoms with Crippen LogP contribution in [0.2, 0.25) is 0 Å². The molecule has 0 aliphatic rings. The van der Waals surface area contributed by atoms with Gasteiger partial charge in [0.1, 0.15) is 0 Å². The minimum absolute atomic E-state index is 0.0682. The molecule has 25 heavy (non-hydrogen) atoms. The summed E-state index contributed by atoms with van der Waals surface area (Å²) in [6, 6.07) is 7.48. The lowest BCUT2D eigenvalue weighted by Crippen LogP contribution is -2.38. The largest absolute Gasteiger partial charge is 0.469 e. The van der Waals surface area contributed by atoms with Gasteiger partial charge in [-0.25, -0.2) is 4.98 Å². The van der Waals surface area contributed by atoms with Gasteiger partial charge in [0, 0.05) is 37.6 Å². The maximum atomic E-state index is 12.8. The Morgan fingerprint density at radius 3 is 2.60 bits per heavy atom. The van der Waals surface area contributed by atoms with Crippen LogP contribution in [0.4, 0.5) is 0 Å². The van der Waals surface area contributed by atoms with Crippen molar-refractivity contribution in [1.82, 2.24) is 14.5 Å². The molecule has 0 N–H and O–H groups in total. The first kappa shape index (κ1) is 18.7. The molecular formula is C19H25N3O3. The van der Waals surface area contributed by atoms with E-state index in [0.29, 0.717) is 18.7 Å². The molecule has 0 fully saturated rings. The normalized spacial score (nSPS) is 11.8. The lowest BCUT2D eigenvalue weighted by atomic mass is 10.1. The fourth-order valence-electron chi connectivity index (χ4n) is 2.62. The average molecular weight is 343 g/mol. The second-order valence-electron chi connectivity index (χ2n) is 6.20. The number of methoxy groups -OCH3 is 1. The second-order valence-corrected chi connectivity index (χ2v) is 6.20. The van der Waals surface area contributed by atoms with Crippen LogP contribution in [0.25, 0.3) is 0 Å². The molecule has 0 spiro atoms. The van der Waals surface area contributed by atoms with Gasteiger partial charge in [-0.3, -0.25) is 9.59 Å². The van der Waals surface area contributed by atoms with Crippen molar-refractivity contribution in [3.05, 3.63) is 54.1 Å². The lowest BCUT2D eigenvalue weighted by Gasteiger charge is -2.25. The highest BCUT2D eigenvalue weighted by molar-refractivity contribution is 5.94. The average Bonchev–Trinajstić information content (AvgIpc) is 3.13. The van der Waals surface area contributed by atoms with Crippen LogP contribution in [0.3, 0.4) is 0 Å². The summed E-state index contributed by atoms with van der Waals surface area (Å²) in [7, 11) is 1.37. The van der Waals surface area contributed by atoms with Crippen LogP contribution in [0.5, 0.6) is 0 Å². The number of aromatic nitrogens is 2. The van der Waals surface area contributed by atoms with Crippen LogP contribution in [0.1, 0.15) is 29.3 Å². The molecule has 1 aromatic carbocycles. The minimum atomic E-state index is -0.368. The summed E-state index contributed by atoms with van der Waals surface area (Å²) < 4.78 is 6.76. The highest BCUT2D eigenvalue weighted by Gasteiger charge is 2.22. The van der Waals surface area contributed by atoms with Crippen LogP contribution in [0.15, 0.2) is 43.0 Å². The van der Waals surface area contributed by atoms with E-state index in [1.807, 2.05) is 42.0 Å². The Labute approximate surface area is 148 Å². The summed E-state index contributed by atoms with van der Waals surface area (Å²) in [6.07, 6.45) is 6.16. The molecule has 6 heteroatoms. The van der Waals surface area contributed by atoms with Gasteiger partial charge in [0.15, 0.2) is 0 Å². The van der Waals surface area contributed by atoms with E-state index >= 15 is 0 Å². The number of carbonyl (C=O) groups is 2. The Bertz CT molecular complexity index is 680. The van der Waals surface area contributed by atoms with Crippen molar-refractivity contribution in [2.24, 2.45) is 5.92 Å². The highest BCUT2D eigenvalue weighted by Crippen LogP contribution is 2.11. The number of aryl methyl sites for hydroxylation is 2. The quantitative estimate of drug-likeness (QED) is 0.691. The predicted octanol–water partition coefficient (Wildman–Crippen LogP) is 2.53. The number of rotatable bonds is 8. The molecule has 0 aliphatic heterocycles. The van der Waals surface area contributed by atoms with Gasteiger partial charge in [0.2, 0.25) is 0 Å². The zero-order valence-corrected chi connectivity index (χ0v) is 15.0. The van der Waals surface area contributed by atoms with Crippen molar-refractivity contribution in [3.8, 4) is 0 Å². The van der Waals surface area contributed by atoms with Gasteiger partial charge in [-0.05, 0) is 25.5 Å². The molecule has 0 saturated heterocycles. The third kappa shape index (κ3) is 5.45. The van der Waals surface area contributed by atoms with Gasteiger partial charge in [0.25, 0.3) is 5.91 Å². The van der Waals surface area contributed by atoms with Crippen LogP contribution in [0, 0.1) is 12.8 Å². The van der Waals surface area contributed by atoms with Crippen LogP contribution >= 0.6 is 0 Å². The Morgan fingerprint density at radius 1 is 1.28 bits per heavy atom. The molecule has 1 aromatic heterocycles. The number of benzene rings is 1. The van der Waals surface area contributed by atoms with E-state index in [4.69, 9.17) is 4.74 Å². The molecule has 0 saturated carbocycles. The van der Waals surface area contributed by atoms with E-state index in [2.05, 4.69) is 4.98 Å². The summed E-state index contributed by atoms with van der Waals surface area (Å²) in [6.45, 7) is 5.42. The molecule has 1 unspecified atom stereocenters. The first-order chi connectivity index (χ1) is 12.0. The molecule has 0 radical (unpaired) electrons. The van der Waals surface area contributed by atoms with Crippen LogP contribution in [-0.4, -0.2) is 46.5 Å². The third-order valence-electron chi connectivity index (χ3n) is 4.09. The first-order valence-electron chi connectivity index (χ1n) is 8.40. The summed E-state index contributed by atoms with van der Waals surface area (Å²) in [4.78, 5) is 30.3. The molecule has 2 aromatic rings. The SMILES string of the molecule is COC(=O)C(C)CN(CCCn1ccnc1)C(=O)c1ccc(C)cc1. The third-order valence-corrected chi connectivity index (χ3v) is 4.09. The van der Waals surface area contributed by atoms with E-state index in [1.165, 1.54) is 7.11 Å². The maximum absolute atomic E-state index is 12.8. The zero-order valence-electron chi connectivity index (χ0n) is 15.0. The Morgan fingerprint density at radius 2 is 2.00 bits per heavy atom. The van der Waals surface area contributed by atoms with Crippen LogP contribution < -0.4 is 0 Å². The number of imidazole rings is 1. The minimum Gasteiger partial charge on any atom is -0.469 e. The molecule has 1 atom stereocenters. The smallest absolute Gasteiger partial charge is 0.310 e. The van der Waals surface area contributed by atoms with Crippen LogP contribution in [-0.2, 0) is 16.1 Å². The first-order valence-corrected chi connectivity index (χ1v) is 8.40. The molecule has 1 heterocycles. The lowest BCUT2D eigenvalue weighted by molar-refractivity contribution is -0.145. The number of hydrogen-bond donors (Lipinski definition) is 0. The highest BCUT2D eigenvalue weighted by atomic mass is 16.5. The number of nitrogens with zero attached hydrogens (tertiary/aromatic N) is 3. The Hall–Kier alpha value is -2.63. The standard InChI is InChI=1S/C19H25N3O3/c1-15-5-7-17(8-6-15)18(23)22(13-16(2)19(24)25-3)11-4-10-21-12-9-20-14-21/h5-9,12,14,16H,4,10-11,13H2,1-3H3. The summed E-state index contributed by atoms with van der Waals surface area (Å²) >= 11 is 0. The number of amides is 1. The maximum Gasteiger partial charge on any atom is 0.310 e. The number of hydrogen-bond acceptors (Lipinski definition) is 4. The van der Waals surface area contributed by atoms with Crippen molar-refractivity contribution in [2.75, 3.05) is 20.2 Å².